The van der Waals surface area contributed by atoms with Crippen molar-refractivity contribution in [1.29, 1.82) is 0 Å². The number of hydrogen-bond donors (Lipinski definition) is 0. The van der Waals surface area contributed by atoms with Gasteiger partial charge in [0, 0.05) is 36.1 Å². The molecule has 2 aromatic carbocycles. The van der Waals surface area contributed by atoms with E-state index in [2.05, 4.69) is 51.4 Å². The van der Waals surface area contributed by atoms with E-state index in [9.17, 15) is 0 Å². The van der Waals surface area contributed by atoms with E-state index in [0.717, 1.165) is 23.3 Å². The Hall–Kier alpha value is -3.05. The Morgan fingerprint density at radius 2 is 1.74 bits per heavy atom. The zero-order valence-electron chi connectivity index (χ0n) is 17.8. The Morgan fingerprint density at radius 1 is 0.903 bits per heavy atom. The Labute approximate surface area is 183 Å². The standard InChI is InChI=1S/C26H28N4O/c1-2-6-23(7-3-1)31-25-11-9-21-8-10-22(18-24(21)27-25)29-16-17-30(20-29)26(12-4-13-26)19-28-14-5-15-28/h1-3,6-11,16-18H,4-5,12-15,19-20H2. The summed E-state index contributed by atoms with van der Waals surface area (Å²) in [4.78, 5) is 12.3. The summed E-state index contributed by atoms with van der Waals surface area (Å²) in [5.41, 5.74) is 2.46. The number of aromatic nitrogens is 1. The summed E-state index contributed by atoms with van der Waals surface area (Å²) < 4.78 is 5.94. The molecule has 0 bridgehead atoms. The fraction of sp³-hybridized carbons (Fsp3) is 0.346. The van der Waals surface area contributed by atoms with Crippen molar-refractivity contribution in [2.75, 3.05) is 31.2 Å². The van der Waals surface area contributed by atoms with Gasteiger partial charge in [0.05, 0.1) is 17.7 Å². The number of rotatable bonds is 6. The molecule has 31 heavy (non-hydrogen) atoms. The highest BCUT2D eigenvalue weighted by Gasteiger charge is 2.44. The van der Waals surface area contributed by atoms with E-state index in [4.69, 9.17) is 9.72 Å². The Morgan fingerprint density at radius 3 is 2.48 bits per heavy atom. The van der Waals surface area contributed by atoms with Gasteiger partial charge < -0.3 is 19.4 Å². The molecule has 3 aromatic rings. The second kappa shape index (κ2) is 7.57. The number of ether oxygens (including phenoxy) is 1. The van der Waals surface area contributed by atoms with E-state index in [0.29, 0.717) is 11.4 Å². The zero-order valence-corrected chi connectivity index (χ0v) is 17.8. The Balaban J connectivity index is 1.20. The molecule has 0 spiro atoms. The average molecular weight is 413 g/mol. The van der Waals surface area contributed by atoms with E-state index in [1.807, 2.05) is 36.4 Å². The lowest BCUT2D eigenvalue weighted by molar-refractivity contribution is 0.00535. The molecular formula is C26H28N4O. The van der Waals surface area contributed by atoms with Crippen molar-refractivity contribution in [1.82, 2.24) is 14.8 Å². The maximum atomic E-state index is 5.94. The SMILES string of the molecule is C1=CN(C2(CN3CCC3)CCC2)CN1c1ccc2ccc(Oc3ccccc3)nc2c1. The minimum Gasteiger partial charge on any atom is -0.439 e. The predicted octanol–water partition coefficient (Wildman–Crippen LogP) is 5.21. The van der Waals surface area contributed by atoms with E-state index >= 15 is 0 Å². The maximum absolute atomic E-state index is 5.94. The van der Waals surface area contributed by atoms with Crippen LogP contribution in [0.3, 0.4) is 0 Å². The number of para-hydroxylation sites is 1. The van der Waals surface area contributed by atoms with Crippen LogP contribution >= 0.6 is 0 Å². The van der Waals surface area contributed by atoms with Gasteiger partial charge in [0.15, 0.2) is 0 Å². The van der Waals surface area contributed by atoms with Crippen molar-refractivity contribution in [2.24, 2.45) is 0 Å². The highest BCUT2D eigenvalue weighted by Crippen LogP contribution is 2.41. The first-order valence-corrected chi connectivity index (χ1v) is 11.4. The number of anilines is 1. The molecule has 3 heterocycles. The molecule has 5 heteroatoms. The van der Waals surface area contributed by atoms with Crippen LogP contribution in [0, 0.1) is 0 Å². The van der Waals surface area contributed by atoms with E-state index in [1.54, 1.807) is 0 Å². The number of pyridine rings is 1. The maximum Gasteiger partial charge on any atom is 0.219 e. The van der Waals surface area contributed by atoms with Crippen molar-refractivity contribution >= 4 is 16.6 Å². The van der Waals surface area contributed by atoms with Crippen LogP contribution in [0.15, 0.2) is 73.1 Å². The summed E-state index contributed by atoms with van der Waals surface area (Å²) in [6.45, 7) is 4.67. The van der Waals surface area contributed by atoms with Crippen molar-refractivity contribution < 1.29 is 4.74 Å². The molecule has 0 unspecified atom stereocenters. The first kappa shape index (κ1) is 18.7. The third-order valence-corrected chi connectivity index (χ3v) is 7.04. The zero-order chi connectivity index (χ0) is 20.7. The van der Waals surface area contributed by atoms with Crippen LogP contribution in [0.2, 0.25) is 0 Å². The molecule has 2 aliphatic heterocycles. The molecule has 1 saturated carbocycles. The van der Waals surface area contributed by atoms with Gasteiger partial charge >= 0.3 is 0 Å². The van der Waals surface area contributed by atoms with Crippen molar-refractivity contribution in [3.05, 3.63) is 73.1 Å². The summed E-state index contributed by atoms with van der Waals surface area (Å²) in [5.74, 6) is 1.43. The van der Waals surface area contributed by atoms with Crippen molar-refractivity contribution in [3.63, 3.8) is 0 Å². The molecule has 1 aromatic heterocycles. The van der Waals surface area contributed by atoms with E-state index < -0.39 is 0 Å². The molecule has 0 N–H and O–H groups in total. The normalized spacial score (nSPS) is 20.0. The molecule has 0 radical (unpaired) electrons. The molecule has 158 valence electrons. The molecule has 2 fully saturated rings. The molecule has 1 saturated heterocycles. The third-order valence-electron chi connectivity index (χ3n) is 7.04. The van der Waals surface area contributed by atoms with Gasteiger partial charge in [-0.05, 0) is 69.1 Å². The number of nitrogens with zero attached hydrogens (tertiary/aromatic N) is 4. The van der Waals surface area contributed by atoms with E-state index in [-0.39, 0.29) is 0 Å². The third kappa shape index (κ3) is 3.53. The van der Waals surface area contributed by atoms with Crippen LogP contribution < -0.4 is 9.64 Å². The molecule has 3 aliphatic rings. The van der Waals surface area contributed by atoms with Gasteiger partial charge in [-0.2, -0.15) is 0 Å². The first-order chi connectivity index (χ1) is 15.3. The average Bonchev–Trinajstić information content (AvgIpc) is 3.23. The van der Waals surface area contributed by atoms with Gasteiger partial charge in [-0.3, -0.25) is 0 Å². The van der Waals surface area contributed by atoms with Gasteiger partial charge in [0.25, 0.3) is 0 Å². The molecule has 5 nitrogen and oxygen atoms in total. The van der Waals surface area contributed by atoms with Crippen LogP contribution in [0.4, 0.5) is 5.69 Å². The van der Waals surface area contributed by atoms with Crippen molar-refractivity contribution in [2.45, 2.75) is 31.2 Å². The van der Waals surface area contributed by atoms with E-state index in [1.165, 1.54) is 51.0 Å². The minimum atomic E-state index is 0.331. The quantitative estimate of drug-likeness (QED) is 0.555. The Bertz CT molecular complexity index is 1100. The van der Waals surface area contributed by atoms with Crippen molar-refractivity contribution in [3.8, 4) is 11.6 Å². The van der Waals surface area contributed by atoms with Gasteiger partial charge in [0.1, 0.15) is 5.75 Å². The van der Waals surface area contributed by atoms with Crippen LogP contribution in [0.25, 0.3) is 10.9 Å². The molecular weight excluding hydrogens is 384 g/mol. The largest absolute Gasteiger partial charge is 0.439 e. The van der Waals surface area contributed by atoms with Crippen LogP contribution in [-0.4, -0.2) is 46.6 Å². The first-order valence-electron chi connectivity index (χ1n) is 11.4. The number of hydrogen-bond acceptors (Lipinski definition) is 5. The summed E-state index contributed by atoms with van der Waals surface area (Å²) >= 11 is 0. The fourth-order valence-corrected chi connectivity index (χ4v) is 4.90. The molecule has 0 amide bonds. The van der Waals surface area contributed by atoms with Crippen LogP contribution in [0.1, 0.15) is 25.7 Å². The fourth-order valence-electron chi connectivity index (χ4n) is 4.90. The second-order valence-electron chi connectivity index (χ2n) is 9.03. The predicted molar refractivity (Wildman–Crippen MR) is 124 cm³/mol. The van der Waals surface area contributed by atoms with Gasteiger partial charge in [-0.25, -0.2) is 4.98 Å². The molecule has 0 atom stereocenters. The van der Waals surface area contributed by atoms with Gasteiger partial charge in [0.2, 0.25) is 5.88 Å². The lowest BCUT2D eigenvalue weighted by atomic mass is 9.74. The second-order valence-corrected chi connectivity index (χ2v) is 9.03. The topological polar surface area (TPSA) is 31.8 Å². The number of benzene rings is 2. The minimum absolute atomic E-state index is 0.331. The lowest BCUT2D eigenvalue weighted by Gasteiger charge is -2.52. The smallest absolute Gasteiger partial charge is 0.219 e. The Kier molecular flexibility index (Phi) is 4.57. The van der Waals surface area contributed by atoms with Crippen LogP contribution in [-0.2, 0) is 0 Å². The van der Waals surface area contributed by atoms with Crippen LogP contribution in [0.5, 0.6) is 11.6 Å². The summed E-state index contributed by atoms with van der Waals surface area (Å²) in [6, 6.07) is 20.3. The highest BCUT2D eigenvalue weighted by atomic mass is 16.5. The van der Waals surface area contributed by atoms with Gasteiger partial charge in [-0.1, -0.05) is 24.3 Å². The molecule has 6 rings (SSSR count). The summed E-state index contributed by atoms with van der Waals surface area (Å²) in [7, 11) is 0. The number of fused-ring (bicyclic) bond motifs is 1. The number of likely N-dealkylation sites (tertiary alicyclic amines) is 1. The molecule has 1 aliphatic carbocycles. The van der Waals surface area contributed by atoms with Gasteiger partial charge in [-0.15, -0.1) is 0 Å². The summed E-state index contributed by atoms with van der Waals surface area (Å²) in [5, 5.41) is 1.12. The monoisotopic (exact) mass is 412 g/mol. The summed E-state index contributed by atoms with van der Waals surface area (Å²) in [6.07, 6.45) is 9.84. The highest BCUT2D eigenvalue weighted by molar-refractivity contribution is 5.83. The lowest BCUT2D eigenvalue weighted by Crippen LogP contribution is -2.60.